The van der Waals surface area contributed by atoms with Gasteiger partial charge in [0.1, 0.15) is 0 Å². The van der Waals surface area contributed by atoms with Crippen LogP contribution in [0.25, 0.3) is 0 Å². The lowest BCUT2D eigenvalue weighted by molar-refractivity contribution is 0.291. The Labute approximate surface area is 684 Å². The Kier molecular flexibility index (Phi) is 38.7. The summed E-state index contributed by atoms with van der Waals surface area (Å²) in [6.07, 6.45) is 38.1. The van der Waals surface area contributed by atoms with Crippen LogP contribution in [0.15, 0.2) is 170 Å². The number of benzene rings is 8. The summed E-state index contributed by atoms with van der Waals surface area (Å²) in [4.78, 5) is 0. The fourth-order valence-corrected chi connectivity index (χ4v) is 16.7. The Morgan fingerprint density at radius 1 is 0.237 bits per heavy atom. The highest BCUT2D eigenvalue weighted by Crippen LogP contribution is 2.42. The van der Waals surface area contributed by atoms with E-state index in [0.717, 1.165) is 84.5 Å². The van der Waals surface area contributed by atoms with E-state index in [2.05, 4.69) is 186 Å². The van der Waals surface area contributed by atoms with E-state index in [4.69, 9.17) is 18.9 Å². The van der Waals surface area contributed by atoms with Crippen molar-refractivity contribution in [2.45, 2.75) is 272 Å². The van der Waals surface area contributed by atoms with Crippen molar-refractivity contribution in [2.24, 2.45) is 23.7 Å². The lowest BCUT2D eigenvalue weighted by Gasteiger charge is -2.28. The Bertz CT molecular complexity index is 4380. The van der Waals surface area contributed by atoms with E-state index >= 15 is 0 Å². The van der Waals surface area contributed by atoms with Crippen LogP contribution in [0.4, 0.5) is 17.6 Å². The normalized spacial score (nSPS) is 18.8. The predicted octanol–water partition coefficient (Wildman–Crippen LogP) is 29.1. The maximum atomic E-state index is 14.2. The lowest BCUT2D eigenvalue weighted by atomic mass is 9.77. The van der Waals surface area contributed by atoms with Gasteiger partial charge in [0.05, 0.1) is 26.4 Å². The van der Waals surface area contributed by atoms with Gasteiger partial charge in [0.25, 0.3) is 0 Å². The molecule has 0 bridgehead atoms. The highest BCUT2D eigenvalue weighted by Gasteiger charge is 2.26. The summed E-state index contributed by atoms with van der Waals surface area (Å²) in [7, 11) is 0. The van der Waals surface area contributed by atoms with E-state index in [1.807, 2.05) is 32.0 Å². The molecule has 4 nitrogen and oxygen atoms in total. The van der Waals surface area contributed by atoms with Crippen molar-refractivity contribution in [3.63, 3.8) is 0 Å². The monoisotopic (exact) mass is 1540 g/mol. The molecule has 0 unspecified atom stereocenters. The first-order valence-electron chi connectivity index (χ1n) is 43.9. The maximum Gasteiger partial charge on any atom is 0.166 e. The van der Waals surface area contributed by atoms with Gasteiger partial charge in [0.2, 0.25) is 0 Å². The van der Waals surface area contributed by atoms with E-state index in [1.165, 1.54) is 201 Å². The first kappa shape index (κ1) is 88.9. The number of halogens is 4. The van der Waals surface area contributed by atoms with Crippen molar-refractivity contribution in [3.05, 3.63) is 260 Å². The van der Waals surface area contributed by atoms with Crippen LogP contribution in [-0.2, 0) is 0 Å². The van der Waals surface area contributed by atoms with Crippen molar-refractivity contribution in [2.75, 3.05) is 26.4 Å². The van der Waals surface area contributed by atoms with Gasteiger partial charge in [-0.05, 0) is 320 Å². The molecule has 4 aliphatic rings. The second-order valence-corrected chi connectivity index (χ2v) is 32.1. The number of hydrogen-bond donors (Lipinski definition) is 0. The van der Waals surface area contributed by atoms with Crippen molar-refractivity contribution in [1.82, 2.24) is 0 Å². The Morgan fingerprint density at radius 2 is 0.465 bits per heavy atom. The lowest BCUT2D eigenvalue weighted by Crippen LogP contribution is -2.13. The maximum absolute atomic E-state index is 14.2. The molecule has 114 heavy (non-hydrogen) atoms. The molecule has 8 heteroatoms. The summed E-state index contributed by atoms with van der Waals surface area (Å²) in [5.41, 5.74) is 12.3. The van der Waals surface area contributed by atoms with Crippen molar-refractivity contribution >= 4 is 0 Å². The quantitative estimate of drug-likeness (QED) is 0.0308. The molecule has 604 valence electrons. The standard InChI is InChI=1S/C28H35FO.C27H33FO.C26H31FO.C25H29FO/c1-3-5-6-20-30-28-19-14-24(21-27(28)29)9-8-23-12-17-26(18-13-23)25-15-10-22(7-4-2)11-16-25;1-3-5-19-29-27-18-13-23(20-26(27)28)8-7-22-11-16-25(17-12-22)24-14-9-21(6-4-2)10-15-24;1-3-5-20-8-13-23(14-9-20)24-15-10-21(11-16-24)6-7-22-12-17-26(25(27)19-22)28-18-4-2;1-3-5-19-8-13-22(14-9-19)23-15-10-20(11-16-23)6-7-21-12-17-25(27-4-2)24(26)18-21/h12-14,17-19,21-22,25H,3-7,10-11,15-16,20H2,1-2H3;11-13,16-18,20-21,24H,3-6,9-10,14-15,19H2,1-2H3;10-12,15-17,19-20,23H,3-5,8-9,13-14,18H2,1-2H3;10-12,15-19,22H,3-5,8-9,13-14H2,1-2H3/t22-,25-;21-,24-;20-,23-;19-,22-. The van der Waals surface area contributed by atoms with E-state index in [1.54, 1.807) is 30.3 Å². The van der Waals surface area contributed by atoms with Gasteiger partial charge in [-0.25, -0.2) is 17.6 Å². The van der Waals surface area contributed by atoms with Crippen LogP contribution >= 0.6 is 0 Å². The average Bonchev–Trinajstić information content (AvgIpc) is 0.865. The van der Waals surface area contributed by atoms with E-state index in [0.29, 0.717) is 89.6 Å². The van der Waals surface area contributed by atoms with Gasteiger partial charge in [-0.1, -0.05) is 215 Å². The molecular formula is C106H128F4O4. The molecule has 0 heterocycles. The largest absolute Gasteiger partial charge is 0.491 e. The second kappa shape index (κ2) is 49.6. The van der Waals surface area contributed by atoms with Crippen molar-refractivity contribution in [1.29, 1.82) is 0 Å². The first-order valence-corrected chi connectivity index (χ1v) is 43.9. The highest BCUT2D eigenvalue weighted by atomic mass is 19.1. The first-order chi connectivity index (χ1) is 55.8. The van der Waals surface area contributed by atoms with Gasteiger partial charge < -0.3 is 18.9 Å². The van der Waals surface area contributed by atoms with Crippen LogP contribution in [0.3, 0.4) is 0 Å². The molecular weight excluding hydrogens is 1410 g/mol. The van der Waals surface area contributed by atoms with Gasteiger partial charge in [-0.15, -0.1) is 0 Å². The molecule has 0 radical (unpaired) electrons. The molecule has 4 fully saturated rings. The zero-order chi connectivity index (χ0) is 80.5. The minimum Gasteiger partial charge on any atom is -0.491 e. The van der Waals surface area contributed by atoms with Crippen LogP contribution in [0.2, 0.25) is 0 Å². The van der Waals surface area contributed by atoms with E-state index in [-0.39, 0.29) is 29.0 Å². The summed E-state index contributed by atoms with van der Waals surface area (Å²) in [5.74, 6) is 31.2. The molecule has 0 aromatic heterocycles. The van der Waals surface area contributed by atoms with Gasteiger partial charge in [-0.2, -0.15) is 0 Å². The smallest absolute Gasteiger partial charge is 0.166 e. The Morgan fingerprint density at radius 3 is 0.693 bits per heavy atom. The number of unbranched alkanes of at least 4 members (excludes halogenated alkanes) is 3. The summed E-state index contributed by atoms with van der Waals surface area (Å²) in [5, 5.41) is 0. The summed E-state index contributed by atoms with van der Waals surface area (Å²) >= 11 is 0. The summed E-state index contributed by atoms with van der Waals surface area (Å²) in [6, 6.07) is 54.2. The second-order valence-electron chi connectivity index (χ2n) is 32.1. The van der Waals surface area contributed by atoms with Crippen molar-refractivity contribution < 1.29 is 36.5 Å². The topological polar surface area (TPSA) is 36.9 Å². The molecule has 0 atom stereocenters. The third-order valence-electron chi connectivity index (χ3n) is 23.4. The van der Waals surface area contributed by atoms with Gasteiger partial charge in [0.15, 0.2) is 46.3 Å². The summed E-state index contributed by atoms with van der Waals surface area (Å²) in [6.45, 7) is 19.3. The molecule has 4 aliphatic carbocycles. The number of ether oxygens (including phenoxy) is 4. The molecule has 0 saturated heterocycles. The molecule has 0 amide bonds. The van der Waals surface area contributed by atoms with Crippen LogP contribution < -0.4 is 18.9 Å². The zero-order valence-corrected chi connectivity index (χ0v) is 70.0. The molecule has 8 aromatic carbocycles. The third kappa shape index (κ3) is 30.0. The minimum absolute atomic E-state index is 0.279. The van der Waals surface area contributed by atoms with Gasteiger partial charge in [0, 0.05) is 44.5 Å². The van der Waals surface area contributed by atoms with Crippen LogP contribution in [0, 0.1) is 94.3 Å². The summed E-state index contributed by atoms with van der Waals surface area (Å²) < 4.78 is 77.9. The Balaban J connectivity index is 0.000000174. The minimum atomic E-state index is -0.363. The number of hydrogen-bond acceptors (Lipinski definition) is 4. The molecule has 12 rings (SSSR count). The number of rotatable bonds is 26. The fourth-order valence-electron chi connectivity index (χ4n) is 16.7. The SMILES string of the molecule is CCCCCOc1ccc(C#Cc2ccc([C@H]3CC[C@H](CCC)CC3)cc2)cc1F.CCCCOc1ccc(C#Cc2ccc([C@H]3CC[C@H](CCC)CC3)cc2)cc1F.CCCOc1ccc(C#Cc2ccc([C@H]3CC[C@H](CCC)CC3)cc2)cc1F.CCC[C@H]1CC[C@H](c2ccc(C#Cc3ccc(OCC)c(F)c3)cc2)CC1. The molecule has 0 N–H and O–H groups in total. The molecule has 8 aromatic rings. The van der Waals surface area contributed by atoms with Gasteiger partial charge in [-0.3, -0.25) is 0 Å². The molecule has 0 aliphatic heterocycles. The van der Waals surface area contributed by atoms with Gasteiger partial charge >= 0.3 is 0 Å². The zero-order valence-electron chi connectivity index (χ0n) is 70.0. The van der Waals surface area contributed by atoms with E-state index < -0.39 is 0 Å². The highest BCUT2D eigenvalue weighted by molar-refractivity contribution is 5.50. The van der Waals surface area contributed by atoms with E-state index in [9.17, 15) is 17.6 Å². The third-order valence-corrected chi connectivity index (χ3v) is 23.4. The molecule has 4 saturated carbocycles. The average molecular weight is 1540 g/mol. The van der Waals surface area contributed by atoms with Crippen molar-refractivity contribution in [3.8, 4) is 70.4 Å². The fraction of sp³-hybridized carbons (Fsp3) is 0.472. The van der Waals surface area contributed by atoms with Crippen LogP contribution in [-0.4, -0.2) is 26.4 Å². The molecule has 0 spiro atoms. The predicted molar refractivity (Wildman–Crippen MR) is 466 cm³/mol. The Hall–Kier alpha value is -9.08. The van der Waals surface area contributed by atoms with Crippen LogP contribution in [0.1, 0.15) is 338 Å². The van der Waals surface area contributed by atoms with Crippen LogP contribution in [0.5, 0.6) is 23.0 Å².